The van der Waals surface area contributed by atoms with Crippen LogP contribution in [0.3, 0.4) is 0 Å². The van der Waals surface area contributed by atoms with Crippen LogP contribution in [0.15, 0.2) is 40.3 Å². The molecule has 0 aliphatic carbocycles. The molecule has 1 aromatic carbocycles. The topological polar surface area (TPSA) is 45.2 Å². The van der Waals surface area contributed by atoms with Gasteiger partial charge in [-0.25, -0.2) is 0 Å². The third-order valence-corrected chi connectivity index (χ3v) is 6.71. The van der Waals surface area contributed by atoms with Crippen LogP contribution in [-0.2, 0) is 0 Å². The molecule has 0 radical (unpaired) electrons. The molecule has 3 aliphatic rings. The molecule has 2 bridgehead atoms. The van der Waals surface area contributed by atoms with Crippen LogP contribution in [-0.4, -0.2) is 40.9 Å². The Labute approximate surface area is 154 Å². The smallest absolute Gasteiger partial charge is 0.251 e. The normalized spacial score (nSPS) is 25.6. The highest BCUT2D eigenvalue weighted by molar-refractivity contribution is 7.99. The van der Waals surface area contributed by atoms with Gasteiger partial charge in [-0.05, 0) is 67.6 Å². The Bertz CT molecular complexity index is 726. The van der Waals surface area contributed by atoms with Gasteiger partial charge in [0.15, 0.2) is 0 Å². The van der Waals surface area contributed by atoms with E-state index in [0.717, 1.165) is 16.5 Å². The van der Waals surface area contributed by atoms with E-state index >= 15 is 0 Å². The number of carbonyl (C=O) groups is 1. The number of halogens is 1. The number of piperidine rings is 3. The number of fused-ring (bicyclic) bond motifs is 3. The van der Waals surface area contributed by atoms with Crippen LogP contribution in [0.4, 0.5) is 0 Å². The fraction of sp³-hybridized carbons (Fsp3) is 0.412. The minimum atomic E-state index is 0.0296. The van der Waals surface area contributed by atoms with Crippen molar-refractivity contribution in [3.8, 4) is 0 Å². The lowest BCUT2D eigenvalue weighted by molar-refractivity contribution is 0.0620. The first-order valence-corrected chi connectivity index (χ1v) is 10.1. The van der Waals surface area contributed by atoms with Crippen molar-refractivity contribution >= 4 is 40.8 Å². The van der Waals surface area contributed by atoms with Crippen LogP contribution < -0.4 is 5.32 Å². The zero-order valence-electron chi connectivity index (χ0n) is 13.1. The van der Waals surface area contributed by atoms with E-state index < -0.39 is 0 Å². The summed E-state index contributed by atoms with van der Waals surface area (Å²) >= 11 is 8.73. The predicted molar refractivity (Wildman–Crippen MR) is 98.1 cm³/mol. The fourth-order valence-corrected chi connectivity index (χ4v) is 5.15. The molecule has 1 aromatic heterocycles. The first-order valence-electron chi connectivity index (χ1n) is 8.11. The number of rotatable bonds is 4. The van der Waals surface area contributed by atoms with E-state index in [9.17, 15) is 4.79 Å². The van der Waals surface area contributed by atoms with Crippen molar-refractivity contribution in [3.63, 3.8) is 0 Å². The molecular formula is C17H18ClN3OS2. The van der Waals surface area contributed by atoms with Gasteiger partial charge >= 0.3 is 0 Å². The van der Waals surface area contributed by atoms with Gasteiger partial charge in [-0.15, -0.1) is 0 Å². The zero-order valence-corrected chi connectivity index (χ0v) is 15.5. The van der Waals surface area contributed by atoms with Crippen LogP contribution in [0, 0.1) is 5.92 Å². The molecule has 1 unspecified atom stereocenters. The van der Waals surface area contributed by atoms with Gasteiger partial charge in [-0.1, -0.05) is 23.4 Å². The second-order valence-electron chi connectivity index (χ2n) is 6.31. The van der Waals surface area contributed by atoms with Crippen LogP contribution in [0.5, 0.6) is 0 Å². The number of carbonyl (C=O) groups excluding carboxylic acids is 1. The molecule has 7 heteroatoms. The number of nitrogens with one attached hydrogen (secondary N) is 1. The van der Waals surface area contributed by atoms with E-state index in [1.807, 2.05) is 30.3 Å². The van der Waals surface area contributed by atoms with Crippen molar-refractivity contribution < 1.29 is 4.79 Å². The lowest BCUT2D eigenvalue weighted by Gasteiger charge is -2.44. The van der Waals surface area contributed by atoms with Crippen LogP contribution in [0.25, 0.3) is 0 Å². The maximum atomic E-state index is 12.5. The highest BCUT2D eigenvalue weighted by Gasteiger charge is 2.34. The zero-order chi connectivity index (χ0) is 16.5. The molecule has 3 aliphatic heterocycles. The van der Waals surface area contributed by atoms with Crippen molar-refractivity contribution in [1.82, 2.24) is 14.6 Å². The molecule has 1 atom stereocenters. The lowest BCUT2D eigenvalue weighted by Crippen LogP contribution is -2.57. The molecule has 24 heavy (non-hydrogen) atoms. The van der Waals surface area contributed by atoms with Gasteiger partial charge in [0.2, 0.25) is 0 Å². The monoisotopic (exact) mass is 379 g/mol. The van der Waals surface area contributed by atoms with Crippen LogP contribution in [0.2, 0.25) is 4.34 Å². The maximum Gasteiger partial charge on any atom is 0.251 e. The molecule has 2 aromatic rings. The summed E-state index contributed by atoms with van der Waals surface area (Å²) in [6, 6.07) is 9.84. The number of hydrogen-bond donors (Lipinski definition) is 1. The average molecular weight is 380 g/mol. The average Bonchev–Trinajstić information content (AvgIpc) is 3.01. The van der Waals surface area contributed by atoms with E-state index in [0.29, 0.717) is 21.9 Å². The molecule has 4 nitrogen and oxygen atoms in total. The molecule has 1 amide bonds. The van der Waals surface area contributed by atoms with E-state index in [-0.39, 0.29) is 5.91 Å². The Balaban J connectivity index is 1.38. The van der Waals surface area contributed by atoms with E-state index in [1.165, 1.54) is 37.5 Å². The molecule has 3 saturated heterocycles. The van der Waals surface area contributed by atoms with Gasteiger partial charge in [0.05, 0.1) is 0 Å². The summed E-state index contributed by atoms with van der Waals surface area (Å²) in [5, 5.41) is 4.11. The molecule has 0 saturated carbocycles. The predicted octanol–water partition coefficient (Wildman–Crippen LogP) is 3.77. The first kappa shape index (κ1) is 16.4. The summed E-state index contributed by atoms with van der Waals surface area (Å²) in [5.41, 5.74) is 0.715. The molecule has 0 spiro atoms. The van der Waals surface area contributed by atoms with Gasteiger partial charge in [-0.2, -0.15) is 4.37 Å². The fourth-order valence-electron chi connectivity index (χ4n) is 3.46. The molecule has 3 fully saturated rings. The Hall–Kier alpha value is -1.08. The molecule has 126 valence electrons. The Morgan fingerprint density at radius 1 is 1.29 bits per heavy atom. The molecule has 4 heterocycles. The quantitative estimate of drug-likeness (QED) is 0.878. The van der Waals surface area contributed by atoms with E-state index in [2.05, 4.69) is 14.6 Å². The summed E-state index contributed by atoms with van der Waals surface area (Å²) in [6.07, 6.45) is 2.41. The highest BCUT2D eigenvalue weighted by Crippen LogP contribution is 2.31. The highest BCUT2D eigenvalue weighted by atomic mass is 35.5. The van der Waals surface area contributed by atoms with Gasteiger partial charge in [0.25, 0.3) is 5.91 Å². The maximum absolute atomic E-state index is 12.5. The Morgan fingerprint density at radius 3 is 2.62 bits per heavy atom. The third-order valence-electron chi connectivity index (χ3n) is 4.77. The molecule has 5 rings (SSSR count). The van der Waals surface area contributed by atoms with Crippen molar-refractivity contribution in [3.05, 3.63) is 40.2 Å². The van der Waals surface area contributed by atoms with E-state index in [1.54, 1.807) is 11.8 Å². The second-order valence-corrected chi connectivity index (χ2v) is 8.84. The van der Waals surface area contributed by atoms with E-state index in [4.69, 9.17) is 11.6 Å². The van der Waals surface area contributed by atoms with Gasteiger partial charge in [0, 0.05) is 29.1 Å². The summed E-state index contributed by atoms with van der Waals surface area (Å²) < 4.78 is 4.94. The molecular weight excluding hydrogens is 362 g/mol. The summed E-state index contributed by atoms with van der Waals surface area (Å²) in [5.74, 6) is 0.671. The summed E-state index contributed by atoms with van der Waals surface area (Å²) in [4.78, 5) is 16.0. The second kappa shape index (κ2) is 7.04. The van der Waals surface area contributed by atoms with Gasteiger partial charge in [0.1, 0.15) is 9.36 Å². The van der Waals surface area contributed by atoms with Crippen molar-refractivity contribution in [2.75, 3.05) is 19.6 Å². The SMILES string of the molecule is O=C(NC1CN2CCC1CC2)c1ccc(Sc2cc(Cl)sn2)cc1. The standard InChI is InChI=1S/C17H18ClN3OS2/c18-15-9-16(20-24-15)23-13-3-1-12(2-4-13)17(22)19-14-10-21-7-5-11(14)6-8-21/h1-4,9,11,14H,5-8,10H2,(H,19,22). The third kappa shape index (κ3) is 3.61. The first-order chi connectivity index (χ1) is 11.7. The van der Waals surface area contributed by atoms with Crippen molar-refractivity contribution in [2.45, 2.75) is 28.8 Å². The lowest BCUT2D eigenvalue weighted by atomic mass is 9.84. The number of benzene rings is 1. The minimum Gasteiger partial charge on any atom is -0.348 e. The van der Waals surface area contributed by atoms with Gasteiger partial charge < -0.3 is 10.2 Å². The van der Waals surface area contributed by atoms with Crippen LogP contribution in [0.1, 0.15) is 23.2 Å². The summed E-state index contributed by atoms with van der Waals surface area (Å²) in [6.45, 7) is 3.36. The number of nitrogens with zero attached hydrogens (tertiary/aromatic N) is 2. The number of aromatic nitrogens is 1. The number of amides is 1. The minimum absolute atomic E-state index is 0.0296. The van der Waals surface area contributed by atoms with Crippen molar-refractivity contribution in [2.24, 2.45) is 5.92 Å². The summed E-state index contributed by atoms with van der Waals surface area (Å²) in [7, 11) is 0. The van der Waals surface area contributed by atoms with Crippen LogP contribution >= 0.6 is 34.9 Å². The van der Waals surface area contributed by atoms with Crippen molar-refractivity contribution in [1.29, 1.82) is 0 Å². The molecule has 1 N–H and O–H groups in total. The Kier molecular flexibility index (Phi) is 4.81. The van der Waals surface area contributed by atoms with Gasteiger partial charge in [-0.3, -0.25) is 4.79 Å². The Morgan fingerprint density at radius 2 is 2.04 bits per heavy atom. The largest absolute Gasteiger partial charge is 0.348 e. The number of hydrogen-bond acceptors (Lipinski definition) is 5.